The highest BCUT2D eigenvalue weighted by Crippen LogP contribution is 2.21. The van der Waals surface area contributed by atoms with Crippen molar-refractivity contribution in [1.82, 2.24) is 10.2 Å². The van der Waals surface area contributed by atoms with Gasteiger partial charge in [0.2, 0.25) is 0 Å². The summed E-state index contributed by atoms with van der Waals surface area (Å²) in [4.78, 5) is 14.1. The first-order chi connectivity index (χ1) is 12.2. The van der Waals surface area contributed by atoms with E-state index in [0.717, 1.165) is 24.3 Å². The molecule has 0 unspecified atom stereocenters. The zero-order valence-electron chi connectivity index (χ0n) is 14.6. The monoisotopic (exact) mass is 336 g/mol. The average Bonchev–Trinajstić information content (AvgIpc) is 2.66. The van der Waals surface area contributed by atoms with Gasteiger partial charge in [0.25, 0.3) is 0 Å². The number of nitrogens with zero attached hydrogens (tertiary/aromatic N) is 1. The molecule has 0 saturated carbocycles. The number of nitrogens with one attached hydrogen (secondary N) is 1. The summed E-state index contributed by atoms with van der Waals surface area (Å²) in [6, 6.07) is 18.2. The predicted octanol–water partition coefficient (Wildman–Crippen LogP) is 3.87. The van der Waals surface area contributed by atoms with Crippen LogP contribution in [0.5, 0.6) is 5.75 Å². The molecule has 0 radical (unpaired) electrons. The molecular weight excluding hydrogens is 312 g/mol. The summed E-state index contributed by atoms with van der Waals surface area (Å²) < 4.78 is 5.65. The normalized spacial score (nSPS) is 14.0. The number of ether oxygens (including phenoxy) is 1. The lowest BCUT2D eigenvalue weighted by Gasteiger charge is -2.27. The Morgan fingerprint density at radius 2 is 2.00 bits per heavy atom. The summed E-state index contributed by atoms with van der Waals surface area (Å²) >= 11 is 0. The maximum Gasteiger partial charge on any atom is 0.317 e. The molecule has 2 aromatic carbocycles. The Labute approximate surface area is 149 Å². The molecule has 4 nitrogen and oxygen atoms in total. The molecule has 1 heterocycles. The molecule has 0 aromatic heterocycles. The van der Waals surface area contributed by atoms with E-state index in [1.165, 1.54) is 11.1 Å². The maximum absolute atomic E-state index is 12.2. The molecule has 1 aliphatic rings. The summed E-state index contributed by atoms with van der Waals surface area (Å²) in [6.07, 6.45) is 3.03. The highest BCUT2D eigenvalue weighted by molar-refractivity contribution is 5.76. The standard InChI is InChI=1S/C21H24N2O2/c1-17-6-5-9-20(16-17)25-15-12-22-21(24)23-13-10-19(11-14-23)18-7-3-2-4-8-18/h2-10,16H,11-15H2,1H3,(H,22,24). The third kappa shape index (κ3) is 4.86. The minimum absolute atomic E-state index is 0.0313. The van der Waals surface area contributed by atoms with Gasteiger partial charge in [0.1, 0.15) is 12.4 Å². The Morgan fingerprint density at radius 3 is 2.72 bits per heavy atom. The van der Waals surface area contributed by atoms with Gasteiger partial charge in [-0.25, -0.2) is 4.79 Å². The van der Waals surface area contributed by atoms with Crippen molar-refractivity contribution in [3.63, 3.8) is 0 Å². The molecule has 3 rings (SSSR count). The van der Waals surface area contributed by atoms with Gasteiger partial charge in [-0.15, -0.1) is 0 Å². The van der Waals surface area contributed by atoms with Gasteiger partial charge in [-0.2, -0.15) is 0 Å². The molecule has 25 heavy (non-hydrogen) atoms. The fraction of sp³-hybridized carbons (Fsp3) is 0.286. The van der Waals surface area contributed by atoms with Crippen molar-refractivity contribution in [2.45, 2.75) is 13.3 Å². The zero-order chi connectivity index (χ0) is 17.5. The number of hydrogen-bond donors (Lipinski definition) is 1. The maximum atomic E-state index is 12.2. The Kier molecular flexibility index (Phi) is 5.73. The lowest BCUT2D eigenvalue weighted by atomic mass is 10.00. The smallest absolute Gasteiger partial charge is 0.317 e. The molecule has 1 aliphatic heterocycles. The lowest BCUT2D eigenvalue weighted by molar-refractivity contribution is 0.200. The zero-order valence-corrected chi connectivity index (χ0v) is 14.6. The lowest BCUT2D eigenvalue weighted by Crippen LogP contribution is -2.43. The van der Waals surface area contributed by atoms with Gasteiger partial charge in [0, 0.05) is 13.1 Å². The summed E-state index contributed by atoms with van der Waals surface area (Å²) in [5.74, 6) is 0.836. The number of benzene rings is 2. The van der Waals surface area contributed by atoms with Gasteiger partial charge in [-0.05, 0) is 42.2 Å². The molecule has 2 amide bonds. The molecule has 0 spiro atoms. The van der Waals surface area contributed by atoms with Crippen LogP contribution < -0.4 is 10.1 Å². The van der Waals surface area contributed by atoms with Crippen LogP contribution in [0.4, 0.5) is 4.79 Å². The van der Waals surface area contributed by atoms with Gasteiger partial charge in [-0.1, -0.05) is 48.5 Å². The minimum atomic E-state index is -0.0313. The Hall–Kier alpha value is -2.75. The number of carbonyl (C=O) groups excluding carboxylic acids is 1. The molecule has 0 saturated heterocycles. The quantitative estimate of drug-likeness (QED) is 0.842. The third-order valence-electron chi connectivity index (χ3n) is 4.28. The minimum Gasteiger partial charge on any atom is -0.492 e. The Bertz CT molecular complexity index is 741. The molecule has 0 atom stereocenters. The Balaban J connectivity index is 1.41. The molecule has 0 bridgehead atoms. The van der Waals surface area contributed by atoms with Gasteiger partial charge in [0.05, 0.1) is 6.54 Å². The van der Waals surface area contributed by atoms with E-state index in [4.69, 9.17) is 4.74 Å². The predicted molar refractivity (Wildman–Crippen MR) is 101 cm³/mol. The van der Waals surface area contributed by atoms with E-state index in [0.29, 0.717) is 19.7 Å². The van der Waals surface area contributed by atoms with Crippen molar-refractivity contribution in [2.75, 3.05) is 26.2 Å². The molecule has 1 N–H and O–H groups in total. The number of urea groups is 1. The van der Waals surface area contributed by atoms with E-state index in [2.05, 4.69) is 23.5 Å². The van der Waals surface area contributed by atoms with Crippen LogP contribution in [0.25, 0.3) is 5.57 Å². The SMILES string of the molecule is Cc1cccc(OCCNC(=O)N2CC=C(c3ccccc3)CC2)c1. The van der Waals surface area contributed by atoms with Crippen molar-refractivity contribution >= 4 is 11.6 Å². The third-order valence-corrected chi connectivity index (χ3v) is 4.28. The van der Waals surface area contributed by atoms with Crippen molar-refractivity contribution in [2.24, 2.45) is 0 Å². The van der Waals surface area contributed by atoms with Gasteiger partial charge in [-0.3, -0.25) is 0 Å². The largest absolute Gasteiger partial charge is 0.492 e. The first-order valence-corrected chi connectivity index (χ1v) is 8.69. The van der Waals surface area contributed by atoms with E-state index in [9.17, 15) is 4.79 Å². The molecule has 0 aliphatic carbocycles. The van der Waals surface area contributed by atoms with Crippen LogP contribution in [0.2, 0.25) is 0 Å². The van der Waals surface area contributed by atoms with E-state index in [-0.39, 0.29) is 6.03 Å². The second-order valence-corrected chi connectivity index (χ2v) is 6.19. The fourth-order valence-electron chi connectivity index (χ4n) is 2.91. The summed E-state index contributed by atoms with van der Waals surface area (Å²) in [5.41, 5.74) is 3.72. The van der Waals surface area contributed by atoms with E-state index < -0.39 is 0 Å². The summed E-state index contributed by atoms with van der Waals surface area (Å²) in [5, 5.41) is 2.92. The van der Waals surface area contributed by atoms with Crippen LogP contribution in [0.3, 0.4) is 0 Å². The molecular formula is C21H24N2O2. The van der Waals surface area contributed by atoms with Gasteiger partial charge in [0.15, 0.2) is 0 Å². The molecule has 4 heteroatoms. The van der Waals surface area contributed by atoms with Crippen molar-refractivity contribution in [1.29, 1.82) is 0 Å². The van der Waals surface area contributed by atoms with Crippen LogP contribution in [0, 0.1) is 6.92 Å². The van der Waals surface area contributed by atoms with Crippen LogP contribution >= 0.6 is 0 Å². The Morgan fingerprint density at radius 1 is 1.16 bits per heavy atom. The second-order valence-electron chi connectivity index (χ2n) is 6.19. The van der Waals surface area contributed by atoms with E-state index in [1.807, 2.05) is 54.3 Å². The van der Waals surface area contributed by atoms with Crippen LogP contribution in [-0.4, -0.2) is 37.2 Å². The number of hydrogen-bond acceptors (Lipinski definition) is 2. The molecule has 2 aromatic rings. The van der Waals surface area contributed by atoms with E-state index in [1.54, 1.807) is 0 Å². The van der Waals surface area contributed by atoms with Crippen LogP contribution in [-0.2, 0) is 0 Å². The average molecular weight is 336 g/mol. The number of amides is 2. The molecule has 0 fully saturated rings. The topological polar surface area (TPSA) is 41.6 Å². The van der Waals surface area contributed by atoms with Gasteiger partial charge >= 0.3 is 6.03 Å². The number of carbonyl (C=O) groups is 1. The van der Waals surface area contributed by atoms with Crippen molar-refractivity contribution < 1.29 is 9.53 Å². The fourth-order valence-corrected chi connectivity index (χ4v) is 2.91. The second kappa shape index (κ2) is 8.38. The first-order valence-electron chi connectivity index (χ1n) is 8.69. The molecule has 130 valence electrons. The van der Waals surface area contributed by atoms with Crippen LogP contribution in [0.15, 0.2) is 60.7 Å². The highest BCUT2D eigenvalue weighted by Gasteiger charge is 2.17. The van der Waals surface area contributed by atoms with Gasteiger partial charge < -0.3 is 15.0 Å². The van der Waals surface area contributed by atoms with Crippen molar-refractivity contribution in [3.8, 4) is 5.75 Å². The van der Waals surface area contributed by atoms with E-state index >= 15 is 0 Å². The number of rotatable bonds is 5. The summed E-state index contributed by atoms with van der Waals surface area (Å²) in [7, 11) is 0. The highest BCUT2D eigenvalue weighted by atomic mass is 16.5. The van der Waals surface area contributed by atoms with Crippen LogP contribution in [0.1, 0.15) is 17.5 Å². The summed E-state index contributed by atoms with van der Waals surface area (Å²) in [6.45, 7) is 4.38. The number of aryl methyl sites for hydroxylation is 1. The first kappa shape index (κ1) is 17.1. The van der Waals surface area contributed by atoms with Crippen molar-refractivity contribution in [3.05, 3.63) is 71.8 Å².